The van der Waals surface area contributed by atoms with Crippen LogP contribution in [0.3, 0.4) is 0 Å². The van der Waals surface area contributed by atoms with Crippen LogP contribution in [0.5, 0.6) is 5.75 Å². The van der Waals surface area contributed by atoms with Crippen LogP contribution in [-0.4, -0.2) is 55.4 Å². The number of urea groups is 1. The summed E-state index contributed by atoms with van der Waals surface area (Å²) < 4.78 is 10.3. The Balaban J connectivity index is 1.35. The topological polar surface area (TPSA) is 97.0 Å². The fourth-order valence-corrected chi connectivity index (χ4v) is 5.69. The van der Waals surface area contributed by atoms with Crippen molar-refractivity contribution >= 4 is 41.0 Å². The van der Waals surface area contributed by atoms with Crippen molar-refractivity contribution in [3.05, 3.63) is 83.4 Å². The molecule has 0 aliphatic carbocycles. The lowest BCUT2D eigenvalue weighted by Gasteiger charge is -2.25. The van der Waals surface area contributed by atoms with E-state index in [-0.39, 0.29) is 30.4 Å². The molecule has 39 heavy (non-hydrogen) atoms. The van der Waals surface area contributed by atoms with Crippen molar-refractivity contribution in [1.82, 2.24) is 4.90 Å². The molecular formula is C30H33N3O5S. The van der Waals surface area contributed by atoms with E-state index in [4.69, 9.17) is 9.47 Å². The van der Waals surface area contributed by atoms with Gasteiger partial charge in [0.05, 0.1) is 31.9 Å². The van der Waals surface area contributed by atoms with Crippen molar-refractivity contribution in [3.63, 3.8) is 0 Å². The van der Waals surface area contributed by atoms with Gasteiger partial charge in [-0.25, -0.2) is 9.59 Å². The summed E-state index contributed by atoms with van der Waals surface area (Å²) >= 11 is 1.63. The molecule has 4 rings (SSSR count). The van der Waals surface area contributed by atoms with Gasteiger partial charge in [0.1, 0.15) is 5.75 Å². The molecule has 0 spiro atoms. The van der Waals surface area contributed by atoms with E-state index >= 15 is 0 Å². The molecule has 1 unspecified atom stereocenters. The predicted molar refractivity (Wildman–Crippen MR) is 154 cm³/mol. The van der Waals surface area contributed by atoms with Crippen LogP contribution in [0, 0.1) is 6.92 Å². The Labute approximate surface area is 233 Å². The number of esters is 1. The lowest BCUT2D eigenvalue weighted by Crippen LogP contribution is -2.38. The average molecular weight is 548 g/mol. The number of thioether (sulfide) groups is 1. The second-order valence-corrected chi connectivity index (χ2v) is 10.4. The number of methoxy groups -OCH3 is 2. The normalized spacial score (nSPS) is 14.5. The van der Waals surface area contributed by atoms with Gasteiger partial charge in [0, 0.05) is 28.9 Å². The highest BCUT2D eigenvalue weighted by Crippen LogP contribution is 2.29. The molecule has 1 heterocycles. The lowest BCUT2D eigenvalue weighted by molar-refractivity contribution is -0.130. The minimum absolute atomic E-state index is 0.0569. The van der Waals surface area contributed by atoms with Gasteiger partial charge < -0.3 is 25.0 Å². The number of rotatable bonds is 9. The van der Waals surface area contributed by atoms with Crippen LogP contribution in [0.4, 0.5) is 16.2 Å². The van der Waals surface area contributed by atoms with Crippen LogP contribution in [0.25, 0.3) is 0 Å². The highest BCUT2D eigenvalue weighted by Gasteiger charge is 2.29. The number of amides is 3. The van der Waals surface area contributed by atoms with Gasteiger partial charge in [-0.3, -0.25) is 4.79 Å². The van der Waals surface area contributed by atoms with Crippen molar-refractivity contribution in [1.29, 1.82) is 0 Å². The number of anilines is 2. The molecule has 3 aromatic carbocycles. The third-order valence-electron chi connectivity index (χ3n) is 6.66. The molecule has 0 bridgehead atoms. The summed E-state index contributed by atoms with van der Waals surface area (Å²) in [5.74, 6) is 0.929. The number of carbonyl (C=O) groups is 3. The van der Waals surface area contributed by atoms with Gasteiger partial charge in [0.25, 0.3) is 0 Å². The van der Waals surface area contributed by atoms with Crippen molar-refractivity contribution in [3.8, 4) is 5.75 Å². The van der Waals surface area contributed by atoms with Crippen molar-refractivity contribution in [2.24, 2.45) is 0 Å². The number of hydrogen-bond donors (Lipinski definition) is 2. The third kappa shape index (κ3) is 7.32. The van der Waals surface area contributed by atoms with E-state index in [1.54, 1.807) is 30.0 Å². The van der Waals surface area contributed by atoms with Crippen LogP contribution < -0.4 is 15.4 Å². The summed E-state index contributed by atoms with van der Waals surface area (Å²) in [7, 11) is 2.90. The summed E-state index contributed by atoms with van der Waals surface area (Å²) in [6.07, 6.45) is 2.14. The first-order valence-corrected chi connectivity index (χ1v) is 13.8. The largest absolute Gasteiger partial charge is 0.495 e. The molecule has 8 nitrogen and oxygen atoms in total. The first-order chi connectivity index (χ1) is 18.9. The quantitative estimate of drug-likeness (QED) is 0.261. The molecule has 9 heteroatoms. The highest BCUT2D eigenvalue weighted by atomic mass is 32.2. The first-order valence-electron chi connectivity index (χ1n) is 12.8. The van der Waals surface area contributed by atoms with Crippen LogP contribution in [0.2, 0.25) is 0 Å². The molecule has 3 aromatic rings. The second kappa shape index (κ2) is 13.2. The fourth-order valence-electron chi connectivity index (χ4n) is 4.57. The predicted octanol–water partition coefficient (Wildman–Crippen LogP) is 5.76. The van der Waals surface area contributed by atoms with Crippen molar-refractivity contribution < 1.29 is 23.9 Å². The van der Waals surface area contributed by atoms with Gasteiger partial charge in [-0.15, -0.1) is 11.8 Å². The molecule has 3 amide bonds. The van der Waals surface area contributed by atoms with Gasteiger partial charge >= 0.3 is 12.0 Å². The molecule has 1 fully saturated rings. The SMILES string of the molecule is COC(=O)c1cccc(SCC2CCCN2C(=O)Cc2ccc(NC(=O)Nc3ccccc3C)c(OC)c2)c1. The Hall–Kier alpha value is -3.98. The molecule has 1 atom stereocenters. The zero-order chi connectivity index (χ0) is 27.8. The molecule has 204 valence electrons. The second-order valence-electron chi connectivity index (χ2n) is 9.32. The van der Waals surface area contributed by atoms with Gasteiger partial charge in [0.15, 0.2) is 0 Å². The van der Waals surface area contributed by atoms with Gasteiger partial charge in [-0.05, 0) is 67.3 Å². The van der Waals surface area contributed by atoms with E-state index in [9.17, 15) is 14.4 Å². The maximum absolute atomic E-state index is 13.3. The Morgan fingerprint density at radius 1 is 0.974 bits per heavy atom. The summed E-state index contributed by atoms with van der Waals surface area (Å²) in [6, 6.07) is 20.0. The smallest absolute Gasteiger partial charge is 0.337 e. The van der Waals surface area contributed by atoms with Crippen LogP contribution in [0.1, 0.15) is 34.3 Å². The van der Waals surface area contributed by atoms with E-state index < -0.39 is 0 Å². The molecule has 0 aromatic heterocycles. The lowest BCUT2D eigenvalue weighted by atomic mass is 10.1. The number of hydrogen-bond acceptors (Lipinski definition) is 6. The summed E-state index contributed by atoms with van der Waals surface area (Å²) in [4.78, 5) is 40.5. The summed E-state index contributed by atoms with van der Waals surface area (Å²) in [6.45, 7) is 2.65. The Morgan fingerprint density at radius 2 is 1.77 bits per heavy atom. The van der Waals surface area contributed by atoms with Crippen LogP contribution >= 0.6 is 11.8 Å². The number of carbonyl (C=O) groups excluding carboxylic acids is 3. The number of likely N-dealkylation sites (tertiary alicyclic amines) is 1. The fraction of sp³-hybridized carbons (Fsp3) is 0.300. The first kappa shape index (κ1) is 28.0. The summed E-state index contributed by atoms with van der Waals surface area (Å²) in [5, 5.41) is 5.67. The average Bonchev–Trinajstić information content (AvgIpc) is 3.42. The maximum atomic E-state index is 13.3. The number of para-hydroxylation sites is 1. The molecule has 1 saturated heterocycles. The number of nitrogens with zero attached hydrogens (tertiary/aromatic N) is 1. The minimum atomic E-state index is -0.374. The Morgan fingerprint density at radius 3 is 2.54 bits per heavy atom. The van der Waals surface area contributed by atoms with Crippen molar-refractivity contribution in [2.45, 2.75) is 37.1 Å². The van der Waals surface area contributed by atoms with Gasteiger partial charge in [0.2, 0.25) is 5.91 Å². The van der Waals surface area contributed by atoms with Gasteiger partial charge in [-0.1, -0.05) is 30.3 Å². The highest BCUT2D eigenvalue weighted by molar-refractivity contribution is 7.99. The standard InChI is InChI=1S/C30H33N3O5S/c1-20-8-4-5-12-25(20)31-30(36)32-26-14-13-21(16-27(26)37-2)17-28(34)33-15-7-10-23(33)19-39-24-11-6-9-22(18-24)29(35)38-3/h4-6,8-9,11-14,16,18,23H,7,10,15,17,19H2,1-3H3,(H2,31,32,36). The number of benzene rings is 3. The van der Waals surface area contributed by atoms with E-state index in [1.165, 1.54) is 14.2 Å². The Kier molecular flexibility index (Phi) is 9.49. The zero-order valence-electron chi connectivity index (χ0n) is 22.4. The van der Waals surface area contributed by atoms with E-state index in [0.29, 0.717) is 17.0 Å². The van der Waals surface area contributed by atoms with Crippen LogP contribution in [0.15, 0.2) is 71.6 Å². The number of nitrogens with one attached hydrogen (secondary N) is 2. The molecule has 1 aliphatic heterocycles. The van der Waals surface area contributed by atoms with Gasteiger partial charge in [-0.2, -0.15) is 0 Å². The molecule has 0 radical (unpaired) electrons. The summed E-state index contributed by atoms with van der Waals surface area (Å²) in [5.41, 5.74) is 3.53. The maximum Gasteiger partial charge on any atom is 0.337 e. The van der Waals surface area contributed by atoms with E-state index in [1.807, 2.05) is 60.4 Å². The Bertz CT molecular complexity index is 1350. The zero-order valence-corrected chi connectivity index (χ0v) is 23.2. The number of ether oxygens (including phenoxy) is 2. The molecule has 1 aliphatic rings. The van der Waals surface area contributed by atoms with Crippen LogP contribution in [-0.2, 0) is 16.0 Å². The monoisotopic (exact) mass is 547 g/mol. The molecule has 0 saturated carbocycles. The molecular weight excluding hydrogens is 514 g/mol. The number of aryl methyl sites for hydroxylation is 1. The minimum Gasteiger partial charge on any atom is -0.495 e. The van der Waals surface area contributed by atoms with E-state index in [0.717, 1.165) is 46.8 Å². The third-order valence-corrected chi connectivity index (χ3v) is 7.80. The molecule has 2 N–H and O–H groups in total. The van der Waals surface area contributed by atoms with Crippen molar-refractivity contribution in [2.75, 3.05) is 37.2 Å². The van der Waals surface area contributed by atoms with E-state index in [2.05, 4.69) is 10.6 Å².